The summed E-state index contributed by atoms with van der Waals surface area (Å²) in [5, 5.41) is 43.2. The second kappa shape index (κ2) is 17.6. The van der Waals surface area contributed by atoms with Gasteiger partial charge >= 0.3 is 0 Å². The molecule has 4 N–H and O–H groups in total. The number of fused-ring (bicyclic) bond motifs is 2. The maximum absolute atomic E-state index is 15.6. The fraction of sp³-hybridized carbons (Fsp3) is 0.174. The highest BCUT2D eigenvalue weighted by Crippen LogP contribution is 2.39. The summed E-state index contributed by atoms with van der Waals surface area (Å²) in [4.78, 5) is 12.9. The van der Waals surface area contributed by atoms with E-state index in [9.17, 15) is 24.8 Å². The van der Waals surface area contributed by atoms with E-state index in [2.05, 4.69) is 38.0 Å². The van der Waals surface area contributed by atoms with Gasteiger partial charge in [0.05, 0.1) is 27.7 Å². The minimum atomic E-state index is -1.51. The predicted molar refractivity (Wildman–Crippen MR) is 229 cm³/mol. The summed E-state index contributed by atoms with van der Waals surface area (Å²) in [6.07, 6.45) is -2.11. The van der Waals surface area contributed by atoms with Crippen molar-refractivity contribution in [2.45, 2.75) is 43.4 Å². The molecular formula is C46H37BrF2N2O5S2. The monoisotopic (exact) mass is 878 g/mol. The van der Waals surface area contributed by atoms with Crippen molar-refractivity contribution >= 4 is 60.1 Å². The number of pyridine rings is 2. The van der Waals surface area contributed by atoms with Gasteiger partial charge in [-0.15, -0.1) is 22.7 Å². The lowest BCUT2D eigenvalue weighted by Gasteiger charge is -2.40. The molecule has 0 bridgehead atoms. The van der Waals surface area contributed by atoms with E-state index >= 15 is 4.39 Å². The number of nitrogens with zero attached hydrogens (tertiary/aromatic N) is 2. The third kappa shape index (κ3) is 8.25. The molecule has 8 aromatic rings. The van der Waals surface area contributed by atoms with Gasteiger partial charge in [-0.1, -0.05) is 76.6 Å². The van der Waals surface area contributed by atoms with Crippen molar-refractivity contribution in [2.24, 2.45) is 0 Å². The molecule has 0 unspecified atom stereocenters. The van der Waals surface area contributed by atoms with Crippen LogP contribution in [0, 0.1) is 11.6 Å². The summed E-state index contributed by atoms with van der Waals surface area (Å²) < 4.78 is 37.1. The molecule has 1 aliphatic heterocycles. The Morgan fingerprint density at radius 3 is 1.62 bits per heavy atom. The molecule has 294 valence electrons. The smallest absolute Gasteiger partial charge is 0.134 e. The average molecular weight is 880 g/mol. The van der Waals surface area contributed by atoms with Crippen LogP contribution in [0.4, 0.5) is 8.78 Å². The van der Waals surface area contributed by atoms with Crippen LogP contribution in [0.15, 0.2) is 138 Å². The van der Waals surface area contributed by atoms with Crippen LogP contribution in [0.1, 0.15) is 32.5 Å². The van der Waals surface area contributed by atoms with Gasteiger partial charge < -0.3 is 25.2 Å². The Bertz CT molecular complexity index is 2680. The van der Waals surface area contributed by atoms with Crippen LogP contribution >= 0.6 is 38.6 Å². The number of aliphatic hydroxyl groups is 4. The SMILES string of the molecule is Fc1c(Cc2ccc(-c3ccccn3)s2)cc(Br)c2ccccc12.OC[C@H]1O[C@@H](c2cc(Cc3ccc(-c4ccccn4)s3)c(F)c3ccccc23)[C@H](O)[C@@H](O)[C@@H]1O. The molecule has 0 aliphatic carbocycles. The second-order valence-corrected chi connectivity index (χ2v) is 17.1. The highest BCUT2D eigenvalue weighted by atomic mass is 79.9. The van der Waals surface area contributed by atoms with Gasteiger partial charge in [0, 0.05) is 50.2 Å². The summed E-state index contributed by atoms with van der Waals surface area (Å²) >= 11 is 6.75. The highest BCUT2D eigenvalue weighted by Gasteiger charge is 2.44. The molecule has 4 aromatic heterocycles. The minimum absolute atomic E-state index is 0.137. The fourth-order valence-electron chi connectivity index (χ4n) is 7.24. The third-order valence-corrected chi connectivity index (χ3v) is 13.0. The number of benzene rings is 4. The van der Waals surface area contributed by atoms with Crippen LogP contribution in [-0.4, -0.2) is 61.4 Å². The molecule has 1 fully saturated rings. The zero-order valence-corrected chi connectivity index (χ0v) is 34.0. The molecule has 0 saturated carbocycles. The largest absolute Gasteiger partial charge is 0.394 e. The first-order chi connectivity index (χ1) is 28.2. The molecule has 0 spiro atoms. The second-order valence-electron chi connectivity index (χ2n) is 13.9. The molecule has 58 heavy (non-hydrogen) atoms. The molecule has 4 aromatic carbocycles. The molecule has 1 saturated heterocycles. The topological polar surface area (TPSA) is 116 Å². The zero-order valence-electron chi connectivity index (χ0n) is 30.8. The lowest BCUT2D eigenvalue weighted by molar-refractivity contribution is -0.231. The van der Waals surface area contributed by atoms with E-state index in [-0.39, 0.29) is 11.6 Å². The Balaban J connectivity index is 0.000000172. The summed E-state index contributed by atoms with van der Waals surface area (Å²) in [5.41, 5.74) is 3.41. The number of halogens is 3. The third-order valence-electron chi connectivity index (χ3n) is 10.2. The molecule has 1 aliphatic rings. The number of hydrogen-bond acceptors (Lipinski definition) is 9. The Morgan fingerprint density at radius 1 is 0.586 bits per heavy atom. The highest BCUT2D eigenvalue weighted by molar-refractivity contribution is 9.10. The Kier molecular flexibility index (Phi) is 12.2. The van der Waals surface area contributed by atoms with Crippen LogP contribution in [-0.2, 0) is 17.6 Å². The number of aromatic nitrogens is 2. The quantitative estimate of drug-likeness (QED) is 0.120. The fourth-order valence-corrected chi connectivity index (χ4v) is 9.88. The Labute approximate surface area is 349 Å². The van der Waals surface area contributed by atoms with Crippen molar-refractivity contribution in [2.75, 3.05) is 6.61 Å². The zero-order chi connectivity index (χ0) is 40.3. The van der Waals surface area contributed by atoms with E-state index in [0.717, 1.165) is 40.8 Å². The van der Waals surface area contributed by atoms with E-state index in [1.807, 2.05) is 78.9 Å². The van der Waals surface area contributed by atoms with Gasteiger partial charge in [-0.2, -0.15) is 0 Å². The number of ether oxygens (including phenoxy) is 1. The van der Waals surface area contributed by atoms with Gasteiger partial charge in [0.2, 0.25) is 0 Å². The summed E-state index contributed by atoms with van der Waals surface area (Å²) in [6.45, 7) is -0.529. The van der Waals surface area contributed by atoms with E-state index in [1.54, 1.807) is 54.1 Å². The number of aliphatic hydroxyl groups excluding tert-OH is 4. The van der Waals surface area contributed by atoms with E-state index in [0.29, 0.717) is 45.7 Å². The average Bonchev–Trinajstić information content (AvgIpc) is 3.94. The minimum Gasteiger partial charge on any atom is -0.394 e. The van der Waals surface area contributed by atoms with Gasteiger partial charge in [-0.25, -0.2) is 8.78 Å². The van der Waals surface area contributed by atoms with Crippen molar-refractivity contribution < 1.29 is 33.9 Å². The van der Waals surface area contributed by atoms with Crippen molar-refractivity contribution in [3.05, 3.63) is 176 Å². The van der Waals surface area contributed by atoms with Crippen molar-refractivity contribution in [3.63, 3.8) is 0 Å². The van der Waals surface area contributed by atoms with Gasteiger partial charge in [-0.05, 0) is 88.1 Å². The van der Waals surface area contributed by atoms with Crippen LogP contribution in [0.3, 0.4) is 0 Å². The molecule has 7 nitrogen and oxygen atoms in total. The lowest BCUT2D eigenvalue weighted by Crippen LogP contribution is -2.55. The van der Waals surface area contributed by atoms with Gasteiger partial charge in [0.15, 0.2) is 0 Å². The normalized spacial score (nSPS) is 19.3. The molecule has 0 amide bonds. The standard InChI is InChI=1S/C26H24FNO5S.C20H13BrFNS/c27-22-14(11-15-8-9-21(34-15)19-7-3-4-10-28-19)12-18(16-5-1-2-6-17(16)22)26-25(32)24(31)23(30)20(13-29)33-26;21-17-12-13(20(22)16-6-2-1-5-15(16)17)11-14-8-9-19(24-14)18-7-3-4-10-23-18/h1-10,12,20,23-26,29-32H,11,13H2;1-10,12H,11H2/t20-,23-,24+,25-,26+;/m1./s1. The molecule has 5 atom stereocenters. The lowest BCUT2D eigenvalue weighted by atomic mass is 9.87. The Morgan fingerprint density at radius 2 is 1.09 bits per heavy atom. The molecular weight excluding hydrogens is 843 g/mol. The van der Waals surface area contributed by atoms with Crippen molar-refractivity contribution in [1.29, 1.82) is 0 Å². The number of rotatable bonds is 8. The number of hydrogen-bond donors (Lipinski definition) is 4. The first-order valence-corrected chi connectivity index (χ1v) is 21.0. The molecule has 9 rings (SSSR count). The first-order valence-electron chi connectivity index (χ1n) is 18.6. The predicted octanol–water partition coefficient (Wildman–Crippen LogP) is 9.66. The van der Waals surface area contributed by atoms with Gasteiger partial charge in [-0.3, -0.25) is 9.97 Å². The van der Waals surface area contributed by atoms with E-state index < -0.39 is 37.1 Å². The first kappa shape index (κ1) is 40.0. The van der Waals surface area contributed by atoms with Crippen molar-refractivity contribution in [1.82, 2.24) is 9.97 Å². The molecule has 12 heteroatoms. The Hall–Kier alpha value is -4.76. The summed E-state index contributed by atoms with van der Waals surface area (Å²) in [5.74, 6) is -0.502. The van der Waals surface area contributed by atoms with Crippen LogP contribution in [0.5, 0.6) is 0 Å². The molecule has 5 heterocycles. The maximum Gasteiger partial charge on any atom is 0.134 e. The van der Waals surface area contributed by atoms with Crippen LogP contribution < -0.4 is 0 Å². The van der Waals surface area contributed by atoms with Crippen LogP contribution in [0.25, 0.3) is 42.7 Å². The maximum atomic E-state index is 15.6. The van der Waals surface area contributed by atoms with Gasteiger partial charge in [0.25, 0.3) is 0 Å². The summed E-state index contributed by atoms with van der Waals surface area (Å²) in [6, 6.07) is 37.5. The summed E-state index contributed by atoms with van der Waals surface area (Å²) in [7, 11) is 0. The van der Waals surface area contributed by atoms with Crippen LogP contribution in [0.2, 0.25) is 0 Å². The van der Waals surface area contributed by atoms with Crippen molar-refractivity contribution in [3.8, 4) is 21.1 Å². The molecule has 0 radical (unpaired) electrons. The van der Waals surface area contributed by atoms with Gasteiger partial charge in [0.1, 0.15) is 42.2 Å². The van der Waals surface area contributed by atoms with E-state index in [4.69, 9.17) is 4.74 Å². The van der Waals surface area contributed by atoms with E-state index in [1.165, 1.54) is 11.3 Å². The number of thiophene rings is 2.